The Labute approximate surface area is 196 Å². The summed E-state index contributed by atoms with van der Waals surface area (Å²) in [5.74, 6) is 1.81. The Morgan fingerprint density at radius 3 is 2.42 bits per heavy atom. The van der Waals surface area contributed by atoms with Gasteiger partial charge in [0.05, 0.1) is 11.2 Å². The van der Waals surface area contributed by atoms with Crippen LogP contribution in [0.25, 0.3) is 17.1 Å². The first-order chi connectivity index (χ1) is 14.9. The van der Waals surface area contributed by atoms with Gasteiger partial charge in [-0.3, -0.25) is 9.56 Å². The molecule has 6 nitrogen and oxygen atoms in total. The van der Waals surface area contributed by atoms with Crippen molar-refractivity contribution < 1.29 is 0 Å². The second-order valence-electron chi connectivity index (χ2n) is 7.15. The Morgan fingerprint density at radius 1 is 1.13 bits per heavy atom. The van der Waals surface area contributed by atoms with Gasteiger partial charge in [0.1, 0.15) is 5.82 Å². The molecule has 0 aliphatic carbocycles. The van der Waals surface area contributed by atoms with Crippen LogP contribution < -0.4 is 5.73 Å². The van der Waals surface area contributed by atoms with Gasteiger partial charge in [0.25, 0.3) is 0 Å². The van der Waals surface area contributed by atoms with Crippen molar-refractivity contribution in [3.63, 3.8) is 0 Å². The minimum atomic E-state index is -0.125. The molecular weight excluding hydrogens is 455 g/mol. The molecule has 1 atom stereocenters. The second kappa shape index (κ2) is 9.01. The normalized spacial score (nSPS) is 16.7. The van der Waals surface area contributed by atoms with E-state index in [0.29, 0.717) is 43.8 Å². The van der Waals surface area contributed by atoms with Gasteiger partial charge in [-0.05, 0) is 62.0 Å². The Morgan fingerprint density at radius 2 is 1.84 bits per heavy atom. The molecule has 2 aromatic carbocycles. The number of nitrogens with two attached hydrogens (primary N) is 1. The standard InChI is InChI=1S/C22H21Cl3N6/c1-27-21(30-11-3-4-18(30)26)19-22(28-2)31(15-8-5-13(23)6-9-15)20(29-19)16-10-7-14(24)12-17(16)25/h5-10,12,18H,2-4,11,26H2,1H3. The van der Waals surface area contributed by atoms with Gasteiger partial charge in [0.2, 0.25) is 0 Å². The number of aliphatic imine (C=N–C) groups is 2. The number of aromatic nitrogens is 2. The predicted octanol–water partition coefficient (Wildman–Crippen LogP) is 5.59. The Hall–Kier alpha value is -2.38. The molecule has 0 amide bonds. The van der Waals surface area contributed by atoms with Crippen LogP contribution in [0.1, 0.15) is 18.5 Å². The first-order valence-corrected chi connectivity index (χ1v) is 10.9. The van der Waals surface area contributed by atoms with E-state index >= 15 is 0 Å². The van der Waals surface area contributed by atoms with E-state index in [1.54, 1.807) is 19.2 Å². The minimum absolute atomic E-state index is 0.125. The third-order valence-corrected chi connectivity index (χ3v) is 6.05. The van der Waals surface area contributed by atoms with Gasteiger partial charge in [-0.15, -0.1) is 0 Å². The molecule has 0 spiro atoms. The van der Waals surface area contributed by atoms with Crippen LogP contribution in [0.4, 0.5) is 5.82 Å². The lowest BCUT2D eigenvalue weighted by atomic mass is 10.2. The van der Waals surface area contributed by atoms with Crippen molar-refractivity contribution in [2.75, 3.05) is 13.6 Å². The number of amidine groups is 1. The van der Waals surface area contributed by atoms with Crippen LogP contribution in [0.15, 0.2) is 52.4 Å². The summed E-state index contributed by atoms with van der Waals surface area (Å²) in [5, 5.41) is 1.64. The highest BCUT2D eigenvalue weighted by Crippen LogP contribution is 2.37. The molecular formula is C22H21Cl3N6. The summed E-state index contributed by atoms with van der Waals surface area (Å²) in [6.07, 6.45) is 1.76. The Bertz CT molecular complexity index is 1150. The molecule has 0 saturated carbocycles. The number of benzene rings is 2. The van der Waals surface area contributed by atoms with Crippen molar-refractivity contribution in [1.82, 2.24) is 14.5 Å². The summed E-state index contributed by atoms with van der Waals surface area (Å²) in [7, 11) is 1.73. The van der Waals surface area contributed by atoms with Crippen molar-refractivity contribution in [1.29, 1.82) is 0 Å². The monoisotopic (exact) mass is 474 g/mol. The van der Waals surface area contributed by atoms with Crippen LogP contribution in [-0.4, -0.2) is 46.8 Å². The summed E-state index contributed by atoms with van der Waals surface area (Å²) >= 11 is 18.8. The van der Waals surface area contributed by atoms with E-state index in [4.69, 9.17) is 45.5 Å². The number of hydrogen-bond donors (Lipinski definition) is 1. The molecule has 0 radical (unpaired) electrons. The van der Waals surface area contributed by atoms with Gasteiger partial charge in [-0.2, -0.15) is 0 Å². The van der Waals surface area contributed by atoms with E-state index in [2.05, 4.69) is 21.6 Å². The molecule has 4 rings (SSSR count). The van der Waals surface area contributed by atoms with E-state index in [-0.39, 0.29) is 6.17 Å². The molecule has 1 aromatic heterocycles. The predicted molar refractivity (Wildman–Crippen MR) is 130 cm³/mol. The first kappa shape index (κ1) is 21.8. The zero-order valence-electron chi connectivity index (χ0n) is 16.9. The zero-order chi connectivity index (χ0) is 22.1. The number of imidazole rings is 1. The SMILES string of the molecule is C=Nc1c(C(=NC)N2CCCC2N)nc(-c2ccc(Cl)cc2Cl)n1-c1ccc(Cl)cc1. The fourth-order valence-corrected chi connectivity index (χ4v) is 4.44. The van der Waals surface area contributed by atoms with Gasteiger partial charge in [0.15, 0.2) is 17.3 Å². The maximum Gasteiger partial charge on any atom is 0.168 e. The average molecular weight is 476 g/mol. The molecule has 3 aromatic rings. The summed E-state index contributed by atoms with van der Waals surface area (Å²) in [4.78, 5) is 15.8. The molecule has 1 saturated heterocycles. The van der Waals surface area contributed by atoms with Crippen LogP contribution in [0, 0.1) is 0 Å². The Balaban J connectivity index is 1.99. The number of nitrogens with zero attached hydrogens (tertiary/aromatic N) is 5. The smallest absolute Gasteiger partial charge is 0.168 e. The molecule has 1 fully saturated rings. The number of hydrogen-bond acceptors (Lipinski definition) is 4. The van der Waals surface area contributed by atoms with E-state index in [1.807, 2.05) is 34.9 Å². The van der Waals surface area contributed by atoms with E-state index in [9.17, 15) is 0 Å². The van der Waals surface area contributed by atoms with Crippen molar-refractivity contribution in [2.45, 2.75) is 19.0 Å². The van der Waals surface area contributed by atoms with Crippen LogP contribution >= 0.6 is 34.8 Å². The molecule has 2 heterocycles. The summed E-state index contributed by atoms with van der Waals surface area (Å²) < 4.78 is 1.89. The van der Waals surface area contributed by atoms with Gasteiger partial charge in [0, 0.05) is 34.9 Å². The van der Waals surface area contributed by atoms with Gasteiger partial charge in [-0.25, -0.2) is 9.98 Å². The molecule has 1 aliphatic rings. The second-order valence-corrected chi connectivity index (χ2v) is 8.43. The van der Waals surface area contributed by atoms with Crippen LogP contribution in [-0.2, 0) is 0 Å². The van der Waals surface area contributed by atoms with Crippen LogP contribution in [0.5, 0.6) is 0 Å². The van der Waals surface area contributed by atoms with E-state index in [1.165, 1.54) is 0 Å². The number of rotatable bonds is 4. The fourth-order valence-electron chi connectivity index (χ4n) is 3.82. The lowest BCUT2D eigenvalue weighted by Crippen LogP contribution is -2.41. The highest BCUT2D eigenvalue weighted by Gasteiger charge is 2.31. The third kappa shape index (κ3) is 4.08. The molecule has 1 unspecified atom stereocenters. The summed E-state index contributed by atoms with van der Waals surface area (Å²) in [6.45, 7) is 4.61. The number of likely N-dealkylation sites (tertiary alicyclic amines) is 1. The van der Waals surface area contributed by atoms with Gasteiger partial charge < -0.3 is 10.6 Å². The maximum absolute atomic E-state index is 6.55. The van der Waals surface area contributed by atoms with Gasteiger partial charge in [-0.1, -0.05) is 34.8 Å². The summed E-state index contributed by atoms with van der Waals surface area (Å²) in [6, 6.07) is 12.7. The molecule has 2 N–H and O–H groups in total. The lowest BCUT2D eigenvalue weighted by Gasteiger charge is -2.24. The quantitative estimate of drug-likeness (QED) is 0.395. The molecule has 160 valence electrons. The van der Waals surface area contributed by atoms with E-state index in [0.717, 1.165) is 25.1 Å². The van der Waals surface area contributed by atoms with Crippen molar-refractivity contribution >= 4 is 53.2 Å². The zero-order valence-corrected chi connectivity index (χ0v) is 19.2. The topological polar surface area (TPSA) is 71.8 Å². The van der Waals surface area contributed by atoms with Crippen molar-refractivity contribution in [2.24, 2.45) is 15.7 Å². The van der Waals surface area contributed by atoms with Crippen LogP contribution in [0.3, 0.4) is 0 Å². The minimum Gasteiger partial charge on any atom is -0.340 e. The first-order valence-electron chi connectivity index (χ1n) is 9.74. The van der Waals surface area contributed by atoms with Gasteiger partial charge >= 0.3 is 0 Å². The number of halogens is 3. The molecule has 31 heavy (non-hydrogen) atoms. The average Bonchev–Trinajstić information content (AvgIpc) is 3.33. The van der Waals surface area contributed by atoms with Crippen molar-refractivity contribution in [3.05, 3.63) is 63.2 Å². The van der Waals surface area contributed by atoms with Crippen molar-refractivity contribution in [3.8, 4) is 17.1 Å². The third-order valence-electron chi connectivity index (χ3n) is 5.25. The molecule has 1 aliphatic heterocycles. The maximum atomic E-state index is 6.55. The fraction of sp³-hybridized carbons (Fsp3) is 0.227. The molecule has 9 heteroatoms. The summed E-state index contributed by atoms with van der Waals surface area (Å²) in [5.41, 5.74) is 8.43. The highest BCUT2D eigenvalue weighted by atomic mass is 35.5. The lowest BCUT2D eigenvalue weighted by molar-refractivity contribution is 0.398. The Kier molecular flexibility index (Phi) is 6.34. The molecule has 0 bridgehead atoms. The van der Waals surface area contributed by atoms with Crippen LogP contribution in [0.2, 0.25) is 15.1 Å². The largest absolute Gasteiger partial charge is 0.340 e. The highest BCUT2D eigenvalue weighted by molar-refractivity contribution is 6.36. The van der Waals surface area contributed by atoms with E-state index < -0.39 is 0 Å².